The van der Waals surface area contributed by atoms with E-state index in [1.54, 1.807) is 0 Å². The molecule has 0 radical (unpaired) electrons. The van der Waals surface area contributed by atoms with Crippen molar-refractivity contribution in [3.63, 3.8) is 0 Å². The highest BCUT2D eigenvalue weighted by atomic mass is 35.5. The minimum Gasteiger partial charge on any atom is -0.452 e. The van der Waals surface area contributed by atoms with E-state index < -0.39 is 34.3 Å². The van der Waals surface area contributed by atoms with Gasteiger partial charge in [0.1, 0.15) is 5.82 Å². The van der Waals surface area contributed by atoms with Crippen molar-refractivity contribution in [1.82, 2.24) is 9.21 Å². The molecule has 2 aromatic carbocycles. The average Bonchev–Trinajstić information content (AvgIpc) is 2.72. The SMILES string of the molecule is O=C(OCC(=O)N1CCN(S(=O)(=O)c2ccc(Cl)cc2)CC1)c1ccc(F)cc1Cl. The molecule has 11 heteroatoms. The molecule has 160 valence electrons. The first-order valence-electron chi connectivity index (χ1n) is 8.84. The molecule has 3 rings (SSSR count). The molecule has 30 heavy (non-hydrogen) atoms. The van der Waals surface area contributed by atoms with E-state index in [4.69, 9.17) is 27.9 Å². The molecule has 1 heterocycles. The van der Waals surface area contributed by atoms with Gasteiger partial charge in [0.05, 0.1) is 15.5 Å². The molecule has 7 nitrogen and oxygen atoms in total. The summed E-state index contributed by atoms with van der Waals surface area (Å²) in [5.41, 5.74) is -0.0512. The van der Waals surface area contributed by atoms with Crippen molar-refractivity contribution >= 4 is 45.1 Å². The Morgan fingerprint density at radius 1 is 1.00 bits per heavy atom. The van der Waals surface area contributed by atoms with Crippen LogP contribution in [0, 0.1) is 5.82 Å². The Bertz CT molecular complexity index is 1060. The van der Waals surface area contributed by atoms with Crippen LogP contribution in [0.5, 0.6) is 0 Å². The second-order valence-corrected chi connectivity index (χ2v) is 9.22. The Morgan fingerprint density at radius 2 is 1.63 bits per heavy atom. The first-order valence-corrected chi connectivity index (χ1v) is 11.0. The molecule has 2 aromatic rings. The van der Waals surface area contributed by atoms with Crippen LogP contribution in [0.2, 0.25) is 10.0 Å². The van der Waals surface area contributed by atoms with Gasteiger partial charge in [0.25, 0.3) is 5.91 Å². The summed E-state index contributed by atoms with van der Waals surface area (Å²) in [6.45, 7) is -0.0135. The molecule has 0 spiro atoms. The summed E-state index contributed by atoms with van der Waals surface area (Å²) in [5, 5.41) is 0.314. The summed E-state index contributed by atoms with van der Waals surface area (Å²) >= 11 is 11.6. The number of piperazine rings is 1. The maximum Gasteiger partial charge on any atom is 0.340 e. The van der Waals surface area contributed by atoms with Crippen LogP contribution in [-0.4, -0.2) is 62.3 Å². The van der Waals surface area contributed by atoms with E-state index in [2.05, 4.69) is 0 Å². The van der Waals surface area contributed by atoms with Crippen LogP contribution >= 0.6 is 23.2 Å². The number of hydrogen-bond acceptors (Lipinski definition) is 5. The number of halogens is 3. The van der Waals surface area contributed by atoms with Gasteiger partial charge in [-0.2, -0.15) is 4.31 Å². The minimum atomic E-state index is -3.69. The zero-order valence-electron chi connectivity index (χ0n) is 15.6. The molecule has 1 amide bonds. The maximum atomic E-state index is 13.1. The Kier molecular flexibility index (Phi) is 6.97. The van der Waals surface area contributed by atoms with Gasteiger partial charge in [-0.3, -0.25) is 4.79 Å². The zero-order chi connectivity index (χ0) is 21.9. The molecule has 1 fully saturated rings. The van der Waals surface area contributed by atoms with E-state index in [0.29, 0.717) is 5.02 Å². The quantitative estimate of drug-likeness (QED) is 0.622. The van der Waals surface area contributed by atoms with Crippen LogP contribution in [-0.2, 0) is 19.6 Å². The summed E-state index contributed by atoms with van der Waals surface area (Å²) in [7, 11) is -3.69. The number of amides is 1. The largest absolute Gasteiger partial charge is 0.452 e. The third-order valence-corrected chi connectivity index (χ3v) is 7.00. The second kappa shape index (κ2) is 9.30. The zero-order valence-corrected chi connectivity index (χ0v) is 17.9. The highest BCUT2D eigenvalue weighted by molar-refractivity contribution is 7.89. The van der Waals surface area contributed by atoms with Crippen LogP contribution in [0.4, 0.5) is 4.39 Å². The summed E-state index contributed by atoms with van der Waals surface area (Å²) in [4.78, 5) is 25.9. The molecular weight excluding hydrogens is 458 g/mol. The van der Waals surface area contributed by atoms with Crippen LogP contribution in [0.1, 0.15) is 10.4 Å². The Hall–Kier alpha value is -2.20. The molecule has 0 bridgehead atoms. The third kappa shape index (κ3) is 5.10. The summed E-state index contributed by atoms with van der Waals surface area (Å²) < 4.78 is 44.6. The Labute approximate surface area is 183 Å². The van der Waals surface area contributed by atoms with E-state index in [1.165, 1.54) is 39.5 Å². The lowest BCUT2D eigenvalue weighted by atomic mass is 10.2. The predicted molar refractivity (Wildman–Crippen MR) is 108 cm³/mol. The molecule has 1 aliphatic rings. The van der Waals surface area contributed by atoms with Crippen molar-refractivity contribution in [2.45, 2.75) is 4.90 Å². The van der Waals surface area contributed by atoms with Crippen molar-refractivity contribution in [1.29, 1.82) is 0 Å². The molecule has 0 atom stereocenters. The second-order valence-electron chi connectivity index (χ2n) is 6.44. The van der Waals surface area contributed by atoms with Gasteiger partial charge < -0.3 is 9.64 Å². The molecule has 0 saturated carbocycles. The maximum absolute atomic E-state index is 13.1. The van der Waals surface area contributed by atoms with Gasteiger partial charge in [-0.15, -0.1) is 0 Å². The number of esters is 1. The first kappa shape index (κ1) is 22.5. The van der Waals surface area contributed by atoms with Gasteiger partial charge in [0.2, 0.25) is 10.0 Å². The van der Waals surface area contributed by atoms with E-state index in [-0.39, 0.29) is 41.7 Å². The van der Waals surface area contributed by atoms with E-state index in [9.17, 15) is 22.4 Å². The summed E-state index contributed by atoms with van der Waals surface area (Å²) in [6.07, 6.45) is 0. The molecule has 1 saturated heterocycles. The minimum absolute atomic E-state index is 0.0512. The smallest absolute Gasteiger partial charge is 0.340 e. The number of sulfonamides is 1. The van der Waals surface area contributed by atoms with Crippen molar-refractivity contribution in [3.8, 4) is 0 Å². The fourth-order valence-corrected chi connectivity index (χ4v) is 4.68. The lowest BCUT2D eigenvalue weighted by molar-refractivity contribution is -0.135. The summed E-state index contributed by atoms with van der Waals surface area (Å²) in [5.74, 6) is -1.92. The lowest BCUT2D eigenvalue weighted by Gasteiger charge is -2.33. The molecule has 0 N–H and O–H groups in total. The van der Waals surface area contributed by atoms with Crippen LogP contribution in [0.15, 0.2) is 47.4 Å². The van der Waals surface area contributed by atoms with Gasteiger partial charge in [-0.1, -0.05) is 23.2 Å². The average molecular weight is 475 g/mol. The van der Waals surface area contributed by atoms with Crippen LogP contribution < -0.4 is 0 Å². The van der Waals surface area contributed by atoms with Crippen LogP contribution in [0.3, 0.4) is 0 Å². The van der Waals surface area contributed by atoms with Crippen molar-refractivity contribution < 1.29 is 27.1 Å². The van der Waals surface area contributed by atoms with Crippen LogP contribution in [0.25, 0.3) is 0 Å². The molecular formula is C19H17Cl2FN2O5S. The predicted octanol–water partition coefficient (Wildman–Crippen LogP) is 2.82. The topological polar surface area (TPSA) is 84.0 Å². The van der Waals surface area contributed by atoms with Gasteiger partial charge in [0.15, 0.2) is 6.61 Å². The molecule has 0 aromatic heterocycles. The number of hydrogen-bond donors (Lipinski definition) is 0. The molecule has 1 aliphatic heterocycles. The van der Waals surface area contributed by atoms with E-state index >= 15 is 0 Å². The Balaban J connectivity index is 1.54. The highest BCUT2D eigenvalue weighted by Gasteiger charge is 2.30. The molecule has 0 unspecified atom stereocenters. The number of ether oxygens (including phenoxy) is 1. The number of carbonyl (C=O) groups excluding carboxylic acids is 2. The summed E-state index contributed by atoms with van der Waals surface area (Å²) in [6, 6.07) is 9.05. The van der Waals surface area contributed by atoms with E-state index in [1.807, 2.05) is 0 Å². The van der Waals surface area contributed by atoms with E-state index in [0.717, 1.165) is 12.1 Å². The molecule has 0 aliphatic carbocycles. The normalized spacial score (nSPS) is 15.1. The van der Waals surface area contributed by atoms with Crippen molar-refractivity contribution in [2.75, 3.05) is 32.8 Å². The van der Waals surface area contributed by atoms with Gasteiger partial charge >= 0.3 is 5.97 Å². The fourth-order valence-electron chi connectivity index (χ4n) is 2.88. The lowest BCUT2D eigenvalue weighted by Crippen LogP contribution is -2.51. The Morgan fingerprint density at radius 3 is 2.23 bits per heavy atom. The first-order chi connectivity index (χ1) is 14.2. The van der Waals surface area contributed by atoms with Gasteiger partial charge in [-0.25, -0.2) is 17.6 Å². The number of rotatable bonds is 5. The monoisotopic (exact) mass is 474 g/mol. The fraction of sp³-hybridized carbons (Fsp3) is 0.263. The number of benzene rings is 2. The number of nitrogens with zero attached hydrogens (tertiary/aromatic N) is 2. The highest BCUT2D eigenvalue weighted by Crippen LogP contribution is 2.20. The van der Waals surface area contributed by atoms with Gasteiger partial charge in [0, 0.05) is 31.2 Å². The van der Waals surface area contributed by atoms with Crippen molar-refractivity contribution in [3.05, 3.63) is 63.9 Å². The standard InChI is InChI=1S/C19H17Cl2FN2O5S/c20-13-1-4-15(5-2-13)30(27,28)24-9-7-23(8-10-24)18(25)12-29-19(26)16-6-3-14(22)11-17(16)21/h1-6,11H,7-10,12H2. The number of carbonyl (C=O) groups is 2. The van der Waals surface area contributed by atoms with Crippen molar-refractivity contribution in [2.24, 2.45) is 0 Å². The third-order valence-electron chi connectivity index (χ3n) is 4.52. The van der Waals surface area contributed by atoms with Gasteiger partial charge in [-0.05, 0) is 42.5 Å².